The molecule has 1 rings (SSSR count). The Morgan fingerprint density at radius 1 is 1.44 bits per heavy atom. The van der Waals surface area contributed by atoms with Crippen molar-refractivity contribution in [2.75, 3.05) is 6.61 Å². The Bertz CT molecular complexity index is 343. The van der Waals surface area contributed by atoms with E-state index < -0.39 is 11.5 Å². The van der Waals surface area contributed by atoms with Crippen LogP contribution < -0.4 is 0 Å². The summed E-state index contributed by atoms with van der Waals surface area (Å²) in [5.74, 6) is -0.966. The van der Waals surface area contributed by atoms with Crippen molar-refractivity contribution >= 4 is 5.97 Å². The lowest BCUT2D eigenvalue weighted by Crippen LogP contribution is -2.36. The smallest absolute Gasteiger partial charge is 0.311 e. The van der Waals surface area contributed by atoms with Gasteiger partial charge in [0.15, 0.2) is 0 Å². The van der Waals surface area contributed by atoms with Crippen molar-refractivity contribution in [1.29, 1.82) is 0 Å². The van der Waals surface area contributed by atoms with Crippen LogP contribution in [0.1, 0.15) is 26.3 Å². The van der Waals surface area contributed by atoms with Crippen LogP contribution in [-0.4, -0.2) is 17.7 Å². The third-order valence-corrected chi connectivity index (χ3v) is 2.84. The van der Waals surface area contributed by atoms with Crippen LogP contribution in [0.15, 0.2) is 30.3 Å². The largest absolute Gasteiger partial charge is 0.466 e. The summed E-state index contributed by atoms with van der Waals surface area (Å²) in [5, 5.41) is 10.4. The molecule has 3 nitrogen and oxygen atoms in total. The molecule has 1 aromatic carbocycles. The van der Waals surface area contributed by atoms with Gasteiger partial charge < -0.3 is 9.84 Å². The molecule has 3 heteroatoms. The third-order valence-electron chi connectivity index (χ3n) is 2.84. The van der Waals surface area contributed by atoms with Crippen LogP contribution in [-0.2, 0) is 15.1 Å². The molecule has 16 heavy (non-hydrogen) atoms. The minimum absolute atomic E-state index is 0.327. The second-order valence-corrected chi connectivity index (χ2v) is 3.99. The maximum atomic E-state index is 11.6. The molecule has 88 valence electrons. The molecule has 2 atom stereocenters. The number of carbonyl (C=O) groups excluding carboxylic acids is 1. The molecule has 0 aromatic heterocycles. The average Bonchev–Trinajstić information content (AvgIpc) is 2.29. The first kappa shape index (κ1) is 12.7. The van der Waals surface area contributed by atoms with Gasteiger partial charge in [0.2, 0.25) is 0 Å². The summed E-state index contributed by atoms with van der Waals surface area (Å²) in [4.78, 5) is 11.6. The molecule has 0 heterocycles. The molecule has 0 saturated carbocycles. The molecule has 0 amide bonds. The van der Waals surface area contributed by atoms with Gasteiger partial charge in [-0.3, -0.25) is 4.79 Å². The number of benzene rings is 1. The predicted molar refractivity (Wildman–Crippen MR) is 61.8 cm³/mol. The number of esters is 1. The lowest BCUT2D eigenvalue weighted by atomic mass is 9.84. The minimum Gasteiger partial charge on any atom is -0.466 e. The number of hydrogen-bond acceptors (Lipinski definition) is 3. The van der Waals surface area contributed by atoms with Crippen LogP contribution in [0.25, 0.3) is 0 Å². The van der Waals surface area contributed by atoms with Gasteiger partial charge in [-0.25, -0.2) is 0 Å². The first-order chi connectivity index (χ1) is 7.50. The number of carbonyl (C=O) groups is 1. The van der Waals surface area contributed by atoms with Gasteiger partial charge in [0.1, 0.15) is 0 Å². The van der Waals surface area contributed by atoms with E-state index in [0.717, 1.165) is 5.56 Å². The van der Waals surface area contributed by atoms with Crippen LogP contribution >= 0.6 is 0 Å². The second-order valence-electron chi connectivity index (χ2n) is 3.99. The predicted octanol–water partition coefficient (Wildman–Crippen LogP) is 2.09. The van der Waals surface area contributed by atoms with E-state index in [2.05, 4.69) is 0 Å². The van der Waals surface area contributed by atoms with E-state index in [1.165, 1.54) is 0 Å². The number of aliphatic hydroxyl groups is 1. The Kier molecular flexibility index (Phi) is 4.07. The molecule has 0 spiro atoms. The van der Waals surface area contributed by atoms with Gasteiger partial charge in [-0.2, -0.15) is 0 Å². The average molecular weight is 222 g/mol. The highest BCUT2D eigenvalue weighted by Gasteiger charge is 2.36. The molecule has 0 radical (unpaired) electrons. The van der Waals surface area contributed by atoms with Crippen LogP contribution in [0.3, 0.4) is 0 Å². The van der Waals surface area contributed by atoms with Crippen LogP contribution in [0.2, 0.25) is 0 Å². The van der Waals surface area contributed by atoms with Crippen molar-refractivity contribution < 1.29 is 14.6 Å². The summed E-state index contributed by atoms with van der Waals surface area (Å²) in [7, 11) is 0. The van der Waals surface area contributed by atoms with Gasteiger partial charge in [0.25, 0.3) is 0 Å². The van der Waals surface area contributed by atoms with E-state index in [1.54, 1.807) is 32.9 Å². The fourth-order valence-electron chi connectivity index (χ4n) is 1.52. The van der Waals surface area contributed by atoms with Gasteiger partial charge in [-0.1, -0.05) is 30.3 Å². The second kappa shape index (κ2) is 5.12. The maximum absolute atomic E-state index is 11.6. The van der Waals surface area contributed by atoms with E-state index in [4.69, 9.17) is 4.74 Å². The maximum Gasteiger partial charge on any atom is 0.311 e. The first-order valence-electron chi connectivity index (χ1n) is 5.44. The van der Waals surface area contributed by atoms with Gasteiger partial charge in [0, 0.05) is 0 Å². The molecule has 0 unspecified atom stereocenters. The Labute approximate surface area is 96.1 Å². The van der Waals surface area contributed by atoms with Gasteiger partial charge in [-0.15, -0.1) is 0 Å². The zero-order valence-electron chi connectivity index (χ0n) is 9.93. The highest BCUT2D eigenvalue weighted by atomic mass is 16.5. The minimum atomic E-state index is -1.20. The summed E-state index contributed by atoms with van der Waals surface area (Å²) < 4.78 is 4.91. The highest BCUT2D eigenvalue weighted by Crippen LogP contribution is 2.29. The standard InChI is InChI=1S/C13H18O3/c1-4-16-12(14)10(2)13(3,15)11-8-6-5-7-9-11/h5-10,15H,4H2,1-3H3/t10-,13+/m0/s1. The van der Waals surface area contributed by atoms with E-state index in [-0.39, 0.29) is 5.97 Å². The van der Waals surface area contributed by atoms with Crippen molar-refractivity contribution in [3.05, 3.63) is 35.9 Å². The SMILES string of the molecule is CCOC(=O)[C@H](C)[C@@](C)(O)c1ccccc1. The Hall–Kier alpha value is -1.35. The van der Waals surface area contributed by atoms with Crippen molar-refractivity contribution in [3.63, 3.8) is 0 Å². The van der Waals surface area contributed by atoms with Crippen molar-refractivity contribution in [1.82, 2.24) is 0 Å². The van der Waals surface area contributed by atoms with E-state index in [1.807, 2.05) is 18.2 Å². The quantitative estimate of drug-likeness (QED) is 0.793. The van der Waals surface area contributed by atoms with Gasteiger partial charge in [0.05, 0.1) is 18.1 Å². The molecule has 0 bridgehead atoms. The van der Waals surface area contributed by atoms with Gasteiger partial charge in [-0.05, 0) is 26.3 Å². The zero-order valence-corrected chi connectivity index (χ0v) is 9.93. The lowest BCUT2D eigenvalue weighted by molar-refractivity contribution is -0.156. The molecule has 1 N–H and O–H groups in total. The Morgan fingerprint density at radius 3 is 2.50 bits per heavy atom. The molecule has 0 aliphatic carbocycles. The van der Waals surface area contributed by atoms with E-state index >= 15 is 0 Å². The molecule has 0 saturated heterocycles. The Morgan fingerprint density at radius 2 is 2.00 bits per heavy atom. The summed E-state index contributed by atoms with van der Waals surface area (Å²) in [6.07, 6.45) is 0. The summed E-state index contributed by atoms with van der Waals surface area (Å²) in [5.41, 5.74) is -0.483. The summed E-state index contributed by atoms with van der Waals surface area (Å²) >= 11 is 0. The molecule has 1 aromatic rings. The molecular formula is C13H18O3. The fourth-order valence-corrected chi connectivity index (χ4v) is 1.52. The van der Waals surface area contributed by atoms with Crippen LogP contribution in [0.4, 0.5) is 0 Å². The fraction of sp³-hybridized carbons (Fsp3) is 0.462. The van der Waals surface area contributed by atoms with Crippen molar-refractivity contribution in [2.45, 2.75) is 26.4 Å². The topological polar surface area (TPSA) is 46.5 Å². The Balaban J connectivity index is 2.89. The van der Waals surface area contributed by atoms with E-state index in [0.29, 0.717) is 6.61 Å². The molecular weight excluding hydrogens is 204 g/mol. The molecule has 0 fully saturated rings. The van der Waals surface area contributed by atoms with Crippen LogP contribution in [0.5, 0.6) is 0 Å². The van der Waals surface area contributed by atoms with Crippen molar-refractivity contribution in [2.24, 2.45) is 5.92 Å². The van der Waals surface area contributed by atoms with Crippen LogP contribution in [0, 0.1) is 5.92 Å². The number of ether oxygens (including phenoxy) is 1. The van der Waals surface area contributed by atoms with Crippen molar-refractivity contribution in [3.8, 4) is 0 Å². The number of rotatable bonds is 4. The van der Waals surface area contributed by atoms with E-state index in [9.17, 15) is 9.90 Å². The first-order valence-corrected chi connectivity index (χ1v) is 5.44. The number of hydrogen-bond donors (Lipinski definition) is 1. The summed E-state index contributed by atoms with van der Waals surface area (Å²) in [6.45, 7) is 5.38. The third kappa shape index (κ3) is 2.61. The monoisotopic (exact) mass is 222 g/mol. The highest BCUT2D eigenvalue weighted by molar-refractivity contribution is 5.73. The van der Waals surface area contributed by atoms with Gasteiger partial charge >= 0.3 is 5.97 Å². The lowest BCUT2D eigenvalue weighted by Gasteiger charge is -2.29. The molecule has 0 aliphatic heterocycles. The molecule has 0 aliphatic rings. The normalized spacial score (nSPS) is 16.2. The summed E-state index contributed by atoms with van der Waals surface area (Å²) in [6, 6.07) is 9.14. The zero-order chi connectivity index (χ0) is 12.2.